The lowest BCUT2D eigenvalue weighted by atomic mass is 10.0. The van der Waals surface area contributed by atoms with E-state index in [0.717, 1.165) is 19.6 Å². The molecule has 0 bridgehead atoms. The minimum atomic E-state index is 0.552. The van der Waals surface area contributed by atoms with E-state index in [1.54, 1.807) is 0 Å². The molecule has 1 heterocycles. The van der Waals surface area contributed by atoms with Crippen LogP contribution in [0.4, 0.5) is 0 Å². The molecule has 1 fully saturated rings. The summed E-state index contributed by atoms with van der Waals surface area (Å²) in [6.07, 6.45) is 3.09. The molecule has 3 heteroatoms. The number of rotatable bonds is 5. The Hall–Kier alpha value is -1.37. The van der Waals surface area contributed by atoms with Gasteiger partial charge < -0.3 is 5.32 Å². The van der Waals surface area contributed by atoms with Crippen LogP contribution in [0.2, 0.25) is 0 Å². The Bertz CT molecular complexity index is 382. The Balaban J connectivity index is 1.78. The first-order valence-corrected chi connectivity index (χ1v) is 6.75. The maximum absolute atomic E-state index is 8.54. The van der Waals surface area contributed by atoms with Crippen molar-refractivity contribution in [2.24, 2.45) is 0 Å². The maximum atomic E-state index is 8.54. The smallest absolute Gasteiger partial charge is 0.0635 e. The van der Waals surface area contributed by atoms with E-state index in [1.165, 1.54) is 24.9 Å². The van der Waals surface area contributed by atoms with Gasteiger partial charge in [0.15, 0.2) is 0 Å². The predicted octanol–water partition coefficient (Wildman–Crippen LogP) is 2.15. The van der Waals surface area contributed by atoms with Crippen molar-refractivity contribution < 1.29 is 0 Å². The van der Waals surface area contributed by atoms with Gasteiger partial charge in [0.25, 0.3) is 0 Å². The maximum Gasteiger partial charge on any atom is 0.0635 e. The molecule has 0 amide bonds. The SMILES string of the molecule is N#CCCNC1CCCN(Cc2ccccc2)C1. The zero-order valence-electron chi connectivity index (χ0n) is 10.8. The van der Waals surface area contributed by atoms with E-state index in [2.05, 4.69) is 46.6 Å². The van der Waals surface area contributed by atoms with Crippen molar-refractivity contribution in [1.29, 1.82) is 5.26 Å². The predicted molar refractivity (Wildman–Crippen MR) is 73.0 cm³/mol. The van der Waals surface area contributed by atoms with Gasteiger partial charge in [0.05, 0.1) is 6.07 Å². The van der Waals surface area contributed by atoms with Gasteiger partial charge in [-0.25, -0.2) is 0 Å². The van der Waals surface area contributed by atoms with Crippen LogP contribution in [0.1, 0.15) is 24.8 Å². The molecule has 1 aromatic rings. The minimum absolute atomic E-state index is 0.552. The number of nitrogens with one attached hydrogen (secondary N) is 1. The number of piperidine rings is 1. The van der Waals surface area contributed by atoms with E-state index in [-0.39, 0.29) is 0 Å². The molecule has 0 aliphatic carbocycles. The molecule has 1 saturated heterocycles. The number of likely N-dealkylation sites (tertiary alicyclic amines) is 1. The molecular weight excluding hydrogens is 222 g/mol. The molecule has 1 N–H and O–H groups in total. The molecular formula is C15H21N3. The normalized spacial score (nSPS) is 20.5. The molecule has 18 heavy (non-hydrogen) atoms. The van der Waals surface area contributed by atoms with E-state index in [1.807, 2.05) is 0 Å². The number of nitriles is 1. The van der Waals surface area contributed by atoms with E-state index in [9.17, 15) is 0 Å². The number of nitrogens with zero attached hydrogens (tertiary/aromatic N) is 2. The molecule has 96 valence electrons. The average Bonchev–Trinajstić information content (AvgIpc) is 2.41. The molecule has 1 unspecified atom stereocenters. The summed E-state index contributed by atoms with van der Waals surface area (Å²) in [4.78, 5) is 2.50. The lowest BCUT2D eigenvalue weighted by Gasteiger charge is -2.33. The standard InChI is InChI=1S/C15H21N3/c16-9-5-10-17-15-8-4-11-18(13-15)12-14-6-2-1-3-7-14/h1-3,6-7,15,17H,4-5,8,10-13H2. The van der Waals surface area contributed by atoms with E-state index >= 15 is 0 Å². The third-order valence-electron chi connectivity index (χ3n) is 3.42. The van der Waals surface area contributed by atoms with Crippen LogP contribution in [0, 0.1) is 11.3 Å². The summed E-state index contributed by atoms with van der Waals surface area (Å²) in [6.45, 7) is 4.14. The molecule has 1 aliphatic heterocycles. The second-order valence-electron chi connectivity index (χ2n) is 4.92. The van der Waals surface area contributed by atoms with Crippen molar-refractivity contribution in [2.45, 2.75) is 31.8 Å². The number of benzene rings is 1. The summed E-state index contributed by atoms with van der Waals surface area (Å²) in [6, 6.07) is 13.4. The monoisotopic (exact) mass is 243 g/mol. The first kappa shape index (κ1) is 13.1. The van der Waals surface area contributed by atoms with Crippen LogP contribution in [0.25, 0.3) is 0 Å². The van der Waals surface area contributed by atoms with Crippen LogP contribution in [-0.2, 0) is 6.54 Å². The van der Waals surface area contributed by atoms with Crippen LogP contribution < -0.4 is 5.32 Å². The third-order valence-corrected chi connectivity index (χ3v) is 3.42. The van der Waals surface area contributed by atoms with Gasteiger partial charge in [-0.3, -0.25) is 4.90 Å². The van der Waals surface area contributed by atoms with Crippen molar-refractivity contribution in [2.75, 3.05) is 19.6 Å². The van der Waals surface area contributed by atoms with Crippen molar-refractivity contribution in [3.63, 3.8) is 0 Å². The Morgan fingerprint density at radius 2 is 2.17 bits per heavy atom. The molecule has 1 aromatic carbocycles. The molecule has 0 spiro atoms. The van der Waals surface area contributed by atoms with Crippen LogP contribution in [0.15, 0.2) is 30.3 Å². The third kappa shape index (κ3) is 4.14. The highest BCUT2D eigenvalue weighted by Crippen LogP contribution is 2.13. The van der Waals surface area contributed by atoms with Crippen molar-refractivity contribution in [3.8, 4) is 6.07 Å². The molecule has 0 radical (unpaired) electrons. The zero-order chi connectivity index (χ0) is 12.6. The van der Waals surface area contributed by atoms with Gasteiger partial charge in [-0.15, -0.1) is 0 Å². The molecule has 1 atom stereocenters. The largest absolute Gasteiger partial charge is 0.312 e. The second-order valence-corrected chi connectivity index (χ2v) is 4.92. The highest BCUT2D eigenvalue weighted by Gasteiger charge is 2.18. The fourth-order valence-electron chi connectivity index (χ4n) is 2.54. The summed E-state index contributed by atoms with van der Waals surface area (Å²) in [5.74, 6) is 0. The Labute approximate surface area is 109 Å². The fraction of sp³-hybridized carbons (Fsp3) is 0.533. The van der Waals surface area contributed by atoms with Crippen LogP contribution in [0.5, 0.6) is 0 Å². The van der Waals surface area contributed by atoms with Crippen LogP contribution in [0.3, 0.4) is 0 Å². The summed E-state index contributed by atoms with van der Waals surface area (Å²) in [5, 5.41) is 12.0. The molecule has 2 rings (SSSR count). The lowest BCUT2D eigenvalue weighted by molar-refractivity contribution is 0.184. The van der Waals surface area contributed by atoms with Gasteiger partial charge in [0, 0.05) is 32.1 Å². The van der Waals surface area contributed by atoms with Crippen molar-refractivity contribution in [1.82, 2.24) is 10.2 Å². The summed E-state index contributed by atoms with van der Waals surface area (Å²) in [7, 11) is 0. The Morgan fingerprint density at radius 1 is 1.33 bits per heavy atom. The Morgan fingerprint density at radius 3 is 2.94 bits per heavy atom. The van der Waals surface area contributed by atoms with Crippen molar-refractivity contribution in [3.05, 3.63) is 35.9 Å². The topological polar surface area (TPSA) is 39.1 Å². The number of hydrogen-bond acceptors (Lipinski definition) is 3. The van der Waals surface area contributed by atoms with Gasteiger partial charge in [-0.05, 0) is 24.9 Å². The molecule has 0 aromatic heterocycles. The van der Waals surface area contributed by atoms with E-state index in [4.69, 9.17) is 5.26 Å². The van der Waals surface area contributed by atoms with Crippen LogP contribution >= 0.6 is 0 Å². The van der Waals surface area contributed by atoms with Crippen LogP contribution in [-0.4, -0.2) is 30.6 Å². The molecule has 0 saturated carbocycles. The minimum Gasteiger partial charge on any atom is -0.312 e. The fourth-order valence-corrected chi connectivity index (χ4v) is 2.54. The van der Waals surface area contributed by atoms with Gasteiger partial charge in [-0.1, -0.05) is 30.3 Å². The zero-order valence-corrected chi connectivity index (χ0v) is 10.8. The summed E-state index contributed by atoms with van der Waals surface area (Å²) in [5.41, 5.74) is 1.38. The first-order valence-electron chi connectivity index (χ1n) is 6.75. The van der Waals surface area contributed by atoms with Gasteiger partial charge in [-0.2, -0.15) is 5.26 Å². The Kier molecular flexibility index (Phi) is 5.19. The van der Waals surface area contributed by atoms with E-state index < -0.39 is 0 Å². The quantitative estimate of drug-likeness (QED) is 0.805. The second kappa shape index (κ2) is 7.15. The van der Waals surface area contributed by atoms with Gasteiger partial charge in [0.2, 0.25) is 0 Å². The lowest BCUT2D eigenvalue weighted by Crippen LogP contribution is -2.45. The average molecular weight is 243 g/mol. The summed E-state index contributed by atoms with van der Waals surface area (Å²) >= 11 is 0. The molecule has 3 nitrogen and oxygen atoms in total. The van der Waals surface area contributed by atoms with Gasteiger partial charge in [0.1, 0.15) is 0 Å². The van der Waals surface area contributed by atoms with Gasteiger partial charge >= 0.3 is 0 Å². The highest BCUT2D eigenvalue weighted by atomic mass is 15.2. The number of hydrogen-bond donors (Lipinski definition) is 1. The van der Waals surface area contributed by atoms with E-state index in [0.29, 0.717) is 12.5 Å². The highest BCUT2D eigenvalue weighted by molar-refractivity contribution is 5.14. The summed E-state index contributed by atoms with van der Waals surface area (Å²) < 4.78 is 0. The first-order chi connectivity index (χ1) is 8.88. The van der Waals surface area contributed by atoms with Crippen molar-refractivity contribution >= 4 is 0 Å². The molecule has 1 aliphatic rings.